The average molecular weight is 261 g/mol. The molecule has 4 heteroatoms. The lowest BCUT2D eigenvalue weighted by atomic mass is 9.69. The summed E-state index contributed by atoms with van der Waals surface area (Å²) in [5.41, 5.74) is -1.55. The van der Waals surface area contributed by atoms with Crippen molar-refractivity contribution in [3.05, 3.63) is 0 Å². The van der Waals surface area contributed by atoms with Gasteiger partial charge in [0.1, 0.15) is 5.41 Å². The van der Waals surface area contributed by atoms with Crippen molar-refractivity contribution in [2.75, 3.05) is 0 Å². The number of fused-ring (bicyclic) bond motifs is 2. The average Bonchev–Trinajstić information content (AvgIpc) is 2.41. The van der Waals surface area contributed by atoms with Crippen molar-refractivity contribution >= 4 is 27.7 Å². The van der Waals surface area contributed by atoms with Crippen molar-refractivity contribution in [3.63, 3.8) is 0 Å². The SMILES string of the molecule is CC1(C)[C@H]2CC[C@@]1(C(=O)O)C(=O)[C@@H]2Br. The van der Waals surface area contributed by atoms with Gasteiger partial charge in [-0.1, -0.05) is 29.8 Å². The number of carbonyl (C=O) groups is 2. The summed E-state index contributed by atoms with van der Waals surface area (Å²) >= 11 is 3.33. The predicted octanol–water partition coefficient (Wildman–Crippen LogP) is 1.84. The number of carboxylic acids is 1. The van der Waals surface area contributed by atoms with Crippen LogP contribution in [0.1, 0.15) is 26.7 Å². The smallest absolute Gasteiger partial charge is 0.317 e. The van der Waals surface area contributed by atoms with E-state index in [1.54, 1.807) is 0 Å². The Morgan fingerprint density at radius 2 is 2.14 bits per heavy atom. The van der Waals surface area contributed by atoms with Crippen LogP contribution in [0.5, 0.6) is 0 Å². The normalized spacial score (nSPS) is 44.4. The summed E-state index contributed by atoms with van der Waals surface area (Å²) < 4.78 is 0. The standard InChI is InChI=1S/C10H13BrO3/c1-9(2)5-3-4-10(9,8(13)14)7(12)6(5)11/h5-6H,3-4H2,1-2H3,(H,13,14)/t5-,6+,10-/m0/s1. The fourth-order valence-corrected chi connectivity index (χ4v) is 4.55. The van der Waals surface area contributed by atoms with E-state index in [2.05, 4.69) is 15.9 Å². The second-order valence-corrected chi connectivity index (χ2v) is 5.83. The number of rotatable bonds is 1. The zero-order valence-electron chi connectivity index (χ0n) is 8.21. The summed E-state index contributed by atoms with van der Waals surface area (Å²) in [4.78, 5) is 23.0. The van der Waals surface area contributed by atoms with Crippen LogP contribution >= 0.6 is 15.9 Å². The first kappa shape index (κ1) is 10.1. The number of Topliss-reactive ketones (excluding diaryl/α,β-unsaturated/α-hetero) is 1. The number of halogens is 1. The molecule has 1 N–H and O–H groups in total. The van der Waals surface area contributed by atoms with Crippen molar-refractivity contribution in [1.82, 2.24) is 0 Å². The van der Waals surface area contributed by atoms with Crippen molar-refractivity contribution in [3.8, 4) is 0 Å². The Hall–Kier alpha value is -0.380. The molecule has 0 heterocycles. The molecule has 0 radical (unpaired) electrons. The van der Waals surface area contributed by atoms with Crippen LogP contribution in [0.2, 0.25) is 0 Å². The minimum atomic E-state index is -1.13. The Labute approximate surface area is 91.0 Å². The molecular formula is C10H13BrO3. The van der Waals surface area contributed by atoms with Gasteiger partial charge < -0.3 is 5.11 Å². The van der Waals surface area contributed by atoms with Crippen LogP contribution in [-0.2, 0) is 9.59 Å². The zero-order chi connectivity index (χ0) is 10.7. The molecule has 2 aliphatic rings. The first-order chi connectivity index (χ1) is 6.35. The van der Waals surface area contributed by atoms with E-state index >= 15 is 0 Å². The third kappa shape index (κ3) is 0.794. The van der Waals surface area contributed by atoms with E-state index in [1.165, 1.54) is 0 Å². The number of hydrogen-bond donors (Lipinski definition) is 1. The van der Waals surface area contributed by atoms with Crippen LogP contribution in [0, 0.1) is 16.7 Å². The molecule has 2 rings (SSSR count). The third-order valence-electron chi connectivity index (χ3n) is 4.25. The van der Waals surface area contributed by atoms with Crippen molar-refractivity contribution < 1.29 is 14.7 Å². The molecule has 0 amide bonds. The molecule has 78 valence electrons. The third-order valence-corrected chi connectivity index (χ3v) is 5.30. The lowest BCUT2D eigenvalue weighted by Crippen LogP contribution is -2.44. The molecule has 0 aliphatic heterocycles. The van der Waals surface area contributed by atoms with Crippen LogP contribution in [0.3, 0.4) is 0 Å². The monoisotopic (exact) mass is 260 g/mol. The van der Waals surface area contributed by atoms with Gasteiger partial charge >= 0.3 is 5.97 Å². The molecule has 14 heavy (non-hydrogen) atoms. The van der Waals surface area contributed by atoms with E-state index in [1.807, 2.05) is 13.8 Å². The lowest BCUT2D eigenvalue weighted by Gasteiger charge is -2.31. The van der Waals surface area contributed by atoms with Crippen LogP contribution in [-0.4, -0.2) is 21.7 Å². The fourth-order valence-electron chi connectivity index (χ4n) is 3.23. The molecule has 0 aromatic heterocycles. The minimum absolute atomic E-state index is 0.133. The molecule has 0 saturated heterocycles. The molecule has 3 atom stereocenters. The molecular weight excluding hydrogens is 248 g/mol. The number of aliphatic carboxylic acids is 1. The van der Waals surface area contributed by atoms with Crippen LogP contribution < -0.4 is 0 Å². The summed E-state index contributed by atoms with van der Waals surface area (Å²) in [6, 6.07) is 0. The second kappa shape index (κ2) is 2.60. The Bertz CT molecular complexity index is 323. The highest BCUT2D eigenvalue weighted by molar-refractivity contribution is 9.10. The van der Waals surface area contributed by atoms with Crippen LogP contribution in [0.25, 0.3) is 0 Å². The largest absolute Gasteiger partial charge is 0.480 e. The molecule has 2 bridgehead atoms. The van der Waals surface area contributed by atoms with Crippen LogP contribution in [0.15, 0.2) is 0 Å². The van der Waals surface area contributed by atoms with E-state index in [0.29, 0.717) is 6.42 Å². The van der Waals surface area contributed by atoms with Gasteiger partial charge in [-0.3, -0.25) is 9.59 Å². The lowest BCUT2D eigenvalue weighted by molar-refractivity contribution is -0.158. The summed E-state index contributed by atoms with van der Waals surface area (Å²) in [6.07, 6.45) is 1.34. The summed E-state index contributed by atoms with van der Waals surface area (Å²) in [5.74, 6) is -0.908. The van der Waals surface area contributed by atoms with E-state index in [9.17, 15) is 14.7 Å². The second-order valence-electron chi connectivity index (χ2n) is 4.84. The predicted molar refractivity (Wildman–Crippen MR) is 54.3 cm³/mol. The maximum absolute atomic E-state index is 11.9. The quantitative estimate of drug-likeness (QED) is 0.578. The summed E-state index contributed by atoms with van der Waals surface area (Å²) in [7, 11) is 0. The maximum atomic E-state index is 11.9. The Kier molecular flexibility index (Phi) is 1.88. The van der Waals surface area contributed by atoms with Gasteiger partial charge in [-0.2, -0.15) is 0 Å². The molecule has 0 unspecified atom stereocenters. The maximum Gasteiger partial charge on any atom is 0.317 e. The van der Waals surface area contributed by atoms with Gasteiger partial charge in [0, 0.05) is 0 Å². The number of carboxylic acid groups (broad SMARTS) is 1. The molecule has 0 aromatic rings. The van der Waals surface area contributed by atoms with E-state index in [0.717, 1.165) is 6.42 Å². The molecule has 0 spiro atoms. The first-order valence-corrected chi connectivity index (χ1v) is 5.69. The van der Waals surface area contributed by atoms with Gasteiger partial charge in [0.25, 0.3) is 0 Å². The van der Waals surface area contributed by atoms with Crippen molar-refractivity contribution in [2.24, 2.45) is 16.7 Å². The van der Waals surface area contributed by atoms with Crippen molar-refractivity contribution in [2.45, 2.75) is 31.5 Å². The Morgan fingerprint density at radius 3 is 2.43 bits per heavy atom. The van der Waals surface area contributed by atoms with Crippen LogP contribution in [0.4, 0.5) is 0 Å². The number of carbonyl (C=O) groups excluding carboxylic acids is 1. The van der Waals surface area contributed by atoms with Gasteiger partial charge in [-0.05, 0) is 24.2 Å². The Balaban J connectivity index is 2.59. The molecule has 2 aliphatic carbocycles. The fraction of sp³-hybridized carbons (Fsp3) is 0.800. The van der Waals surface area contributed by atoms with E-state index < -0.39 is 16.8 Å². The van der Waals surface area contributed by atoms with Gasteiger partial charge in [0.05, 0.1) is 4.83 Å². The topological polar surface area (TPSA) is 54.4 Å². The molecule has 0 aromatic carbocycles. The van der Waals surface area contributed by atoms with Crippen molar-refractivity contribution in [1.29, 1.82) is 0 Å². The van der Waals surface area contributed by atoms with E-state index in [4.69, 9.17) is 0 Å². The number of alkyl halides is 1. The first-order valence-electron chi connectivity index (χ1n) is 4.77. The van der Waals surface area contributed by atoms with Gasteiger partial charge in [0.15, 0.2) is 5.78 Å². The highest BCUT2D eigenvalue weighted by atomic mass is 79.9. The van der Waals surface area contributed by atoms with Gasteiger partial charge in [-0.25, -0.2) is 0 Å². The molecule has 2 fully saturated rings. The highest BCUT2D eigenvalue weighted by Gasteiger charge is 2.72. The molecule has 2 saturated carbocycles. The summed E-state index contributed by atoms with van der Waals surface area (Å²) in [6.45, 7) is 3.80. The zero-order valence-corrected chi connectivity index (χ0v) is 9.80. The highest BCUT2D eigenvalue weighted by Crippen LogP contribution is 2.65. The van der Waals surface area contributed by atoms with Gasteiger partial charge in [0.2, 0.25) is 0 Å². The number of ketones is 1. The number of hydrogen-bond acceptors (Lipinski definition) is 2. The Morgan fingerprint density at radius 1 is 1.57 bits per heavy atom. The van der Waals surface area contributed by atoms with E-state index in [-0.39, 0.29) is 16.5 Å². The minimum Gasteiger partial charge on any atom is -0.480 e. The molecule has 3 nitrogen and oxygen atoms in total. The summed E-state index contributed by atoms with van der Waals surface area (Å²) in [5, 5.41) is 9.27. The van der Waals surface area contributed by atoms with Gasteiger partial charge in [-0.15, -0.1) is 0 Å².